The molecule has 0 radical (unpaired) electrons. The fraction of sp³-hybridized carbons (Fsp3) is 0.150. The lowest BCUT2D eigenvalue weighted by Gasteiger charge is -2.13. The molecule has 1 saturated heterocycles. The highest BCUT2D eigenvalue weighted by Gasteiger charge is 2.28. The van der Waals surface area contributed by atoms with E-state index in [4.69, 9.17) is 0 Å². The second-order valence-corrected chi connectivity index (χ2v) is 6.76. The molecule has 10 nitrogen and oxygen atoms in total. The van der Waals surface area contributed by atoms with Crippen LogP contribution >= 0.6 is 0 Å². The zero-order valence-corrected chi connectivity index (χ0v) is 15.7. The minimum absolute atomic E-state index is 0.0338. The first-order valence-electron chi connectivity index (χ1n) is 9.11. The van der Waals surface area contributed by atoms with Crippen molar-refractivity contribution in [3.05, 3.63) is 74.8 Å². The topological polar surface area (TPSA) is 133 Å². The number of fused-ring (bicyclic) bond motifs is 1. The standard InChI is InChI=1S/C20H17N5O5/c26-16(11-25-19(29)15-7-2-1-6-14(15)18(28)23-25)22-13-5-3-4-12(8-13)10-24-17(27)9-21-20(24)30/h1-8H,9-11H2,(H,21,30)(H,22,26)(H,23,28). The van der Waals surface area contributed by atoms with Crippen LogP contribution in [-0.4, -0.2) is 39.1 Å². The number of nitrogens with zero attached hydrogens (tertiary/aromatic N) is 2. The Morgan fingerprint density at radius 2 is 1.77 bits per heavy atom. The molecule has 4 rings (SSSR count). The second-order valence-electron chi connectivity index (χ2n) is 6.76. The first-order chi connectivity index (χ1) is 14.4. The van der Waals surface area contributed by atoms with E-state index in [1.165, 1.54) is 12.1 Å². The molecule has 1 aliphatic rings. The van der Waals surface area contributed by atoms with Gasteiger partial charge in [-0.15, -0.1) is 0 Å². The molecule has 152 valence electrons. The van der Waals surface area contributed by atoms with Gasteiger partial charge in [0.15, 0.2) is 0 Å². The molecule has 0 bridgehead atoms. The number of H-pyrrole nitrogens is 1. The van der Waals surface area contributed by atoms with Gasteiger partial charge < -0.3 is 10.6 Å². The maximum Gasteiger partial charge on any atom is 0.324 e. The number of carbonyl (C=O) groups excluding carboxylic acids is 3. The SMILES string of the molecule is O=C(Cn1[nH]c(=O)c2ccccc2c1=O)Nc1cccc(CN2C(=O)CNC2=O)c1. The predicted molar refractivity (Wildman–Crippen MR) is 108 cm³/mol. The third-order valence-corrected chi connectivity index (χ3v) is 4.67. The van der Waals surface area contributed by atoms with E-state index in [2.05, 4.69) is 15.7 Å². The number of imide groups is 1. The van der Waals surface area contributed by atoms with Gasteiger partial charge in [0.2, 0.25) is 11.8 Å². The Morgan fingerprint density at radius 1 is 1.00 bits per heavy atom. The molecule has 0 spiro atoms. The molecule has 0 atom stereocenters. The minimum Gasteiger partial charge on any atom is -0.329 e. The Morgan fingerprint density at radius 3 is 2.50 bits per heavy atom. The maximum atomic E-state index is 12.5. The zero-order valence-electron chi connectivity index (χ0n) is 15.7. The van der Waals surface area contributed by atoms with Crippen molar-refractivity contribution >= 4 is 34.3 Å². The van der Waals surface area contributed by atoms with Crippen LogP contribution in [-0.2, 0) is 22.7 Å². The van der Waals surface area contributed by atoms with Gasteiger partial charge in [0.25, 0.3) is 11.1 Å². The number of amides is 4. The average Bonchev–Trinajstić information content (AvgIpc) is 3.04. The van der Waals surface area contributed by atoms with E-state index < -0.39 is 23.1 Å². The van der Waals surface area contributed by atoms with Crippen molar-refractivity contribution in [1.29, 1.82) is 0 Å². The molecule has 1 aromatic heterocycles. The molecule has 0 unspecified atom stereocenters. The summed E-state index contributed by atoms with van der Waals surface area (Å²) in [5.41, 5.74) is 0.136. The molecule has 1 fully saturated rings. The summed E-state index contributed by atoms with van der Waals surface area (Å²) in [5.74, 6) is -0.843. The monoisotopic (exact) mass is 407 g/mol. The number of aromatic amines is 1. The Labute approximate surface area is 169 Å². The first kappa shape index (κ1) is 19.1. The van der Waals surface area contributed by atoms with Gasteiger partial charge in [0, 0.05) is 5.69 Å². The van der Waals surface area contributed by atoms with Crippen LogP contribution in [0.15, 0.2) is 58.1 Å². The minimum atomic E-state index is -0.518. The Bertz CT molecular complexity index is 1280. The second kappa shape index (κ2) is 7.66. The number of rotatable bonds is 5. The van der Waals surface area contributed by atoms with E-state index in [0.29, 0.717) is 11.3 Å². The van der Waals surface area contributed by atoms with Crippen LogP contribution in [0.25, 0.3) is 10.8 Å². The summed E-state index contributed by atoms with van der Waals surface area (Å²) in [4.78, 5) is 61.6. The van der Waals surface area contributed by atoms with E-state index in [0.717, 1.165) is 9.58 Å². The summed E-state index contributed by atoms with van der Waals surface area (Å²) in [7, 11) is 0. The van der Waals surface area contributed by atoms with Gasteiger partial charge in [-0.1, -0.05) is 24.3 Å². The molecule has 3 N–H and O–H groups in total. The zero-order chi connectivity index (χ0) is 21.3. The van der Waals surface area contributed by atoms with Gasteiger partial charge >= 0.3 is 6.03 Å². The molecule has 4 amide bonds. The highest BCUT2D eigenvalue weighted by Crippen LogP contribution is 2.14. The molecule has 1 aliphatic heterocycles. The maximum absolute atomic E-state index is 12.5. The summed E-state index contributed by atoms with van der Waals surface area (Å²) in [5, 5.41) is 7.98. The van der Waals surface area contributed by atoms with Crippen LogP contribution in [0.4, 0.5) is 10.5 Å². The summed E-state index contributed by atoms with van der Waals surface area (Å²) in [6, 6.07) is 12.6. The van der Waals surface area contributed by atoms with Crippen molar-refractivity contribution in [3.8, 4) is 0 Å². The molecule has 10 heteroatoms. The highest BCUT2D eigenvalue weighted by atomic mass is 16.2. The molecule has 2 heterocycles. The van der Waals surface area contributed by atoms with Gasteiger partial charge in [0.1, 0.15) is 6.54 Å². The fourth-order valence-electron chi connectivity index (χ4n) is 3.25. The third-order valence-electron chi connectivity index (χ3n) is 4.67. The number of carbonyl (C=O) groups is 3. The molecule has 3 aromatic rings. The van der Waals surface area contributed by atoms with E-state index >= 15 is 0 Å². The van der Waals surface area contributed by atoms with Crippen molar-refractivity contribution in [2.75, 3.05) is 11.9 Å². The first-order valence-corrected chi connectivity index (χ1v) is 9.11. The van der Waals surface area contributed by atoms with E-state index in [1.807, 2.05) is 0 Å². The molecular formula is C20H17N5O5. The van der Waals surface area contributed by atoms with E-state index in [1.54, 1.807) is 36.4 Å². The van der Waals surface area contributed by atoms with Crippen molar-refractivity contribution in [2.24, 2.45) is 0 Å². The summed E-state index contributed by atoms with van der Waals surface area (Å²) < 4.78 is 0.955. The highest BCUT2D eigenvalue weighted by molar-refractivity contribution is 6.01. The van der Waals surface area contributed by atoms with Crippen LogP contribution in [0.2, 0.25) is 0 Å². The van der Waals surface area contributed by atoms with Crippen LogP contribution in [0, 0.1) is 0 Å². The number of aromatic nitrogens is 2. The molecule has 0 saturated carbocycles. The quantitative estimate of drug-likeness (QED) is 0.526. The lowest BCUT2D eigenvalue weighted by molar-refractivity contribution is -0.125. The summed E-state index contributed by atoms with van der Waals surface area (Å²) in [6.45, 7) is -0.337. The van der Waals surface area contributed by atoms with Crippen LogP contribution in [0.1, 0.15) is 5.56 Å². The summed E-state index contributed by atoms with van der Waals surface area (Å²) >= 11 is 0. The van der Waals surface area contributed by atoms with Crippen LogP contribution < -0.4 is 21.8 Å². The van der Waals surface area contributed by atoms with E-state index in [9.17, 15) is 24.0 Å². The molecule has 30 heavy (non-hydrogen) atoms. The Hall–Kier alpha value is -4.21. The van der Waals surface area contributed by atoms with Crippen LogP contribution in [0.3, 0.4) is 0 Å². The van der Waals surface area contributed by atoms with Gasteiger partial charge in [-0.05, 0) is 29.8 Å². The number of nitrogens with one attached hydrogen (secondary N) is 3. The Balaban J connectivity index is 1.50. The van der Waals surface area contributed by atoms with Crippen molar-refractivity contribution in [1.82, 2.24) is 20.0 Å². The van der Waals surface area contributed by atoms with Crippen molar-refractivity contribution in [3.63, 3.8) is 0 Å². The number of anilines is 1. The fourth-order valence-corrected chi connectivity index (χ4v) is 3.25. The van der Waals surface area contributed by atoms with Gasteiger partial charge in [-0.3, -0.25) is 29.2 Å². The summed E-state index contributed by atoms with van der Waals surface area (Å²) in [6.07, 6.45) is 0. The molecule has 2 aromatic carbocycles. The number of benzene rings is 2. The Kier molecular flexibility index (Phi) is 4.88. The predicted octanol–water partition coefficient (Wildman–Crippen LogP) is 0.380. The lowest BCUT2D eigenvalue weighted by Crippen LogP contribution is -2.34. The number of hydrogen-bond acceptors (Lipinski definition) is 5. The third kappa shape index (κ3) is 3.70. The van der Waals surface area contributed by atoms with Gasteiger partial charge in [-0.2, -0.15) is 0 Å². The smallest absolute Gasteiger partial charge is 0.324 e. The largest absolute Gasteiger partial charge is 0.329 e. The van der Waals surface area contributed by atoms with Crippen molar-refractivity contribution < 1.29 is 14.4 Å². The normalized spacial score (nSPS) is 13.5. The number of urea groups is 1. The average molecular weight is 407 g/mol. The molecular weight excluding hydrogens is 390 g/mol. The lowest BCUT2D eigenvalue weighted by atomic mass is 10.2. The van der Waals surface area contributed by atoms with Gasteiger partial charge in [0.05, 0.1) is 23.9 Å². The number of hydrogen-bond donors (Lipinski definition) is 3. The molecule has 0 aliphatic carbocycles. The van der Waals surface area contributed by atoms with Crippen molar-refractivity contribution in [2.45, 2.75) is 13.1 Å². The van der Waals surface area contributed by atoms with E-state index in [-0.39, 0.29) is 36.3 Å². The van der Waals surface area contributed by atoms with Crippen LogP contribution in [0.5, 0.6) is 0 Å². The van der Waals surface area contributed by atoms with Gasteiger partial charge in [-0.25, -0.2) is 9.48 Å².